The number of rotatable bonds is 2. The molecule has 0 aliphatic heterocycles. The summed E-state index contributed by atoms with van der Waals surface area (Å²) in [6, 6.07) is 6.13. The van der Waals surface area contributed by atoms with Crippen molar-refractivity contribution in [3.8, 4) is 0 Å². The quantitative estimate of drug-likeness (QED) is 0.825. The highest BCUT2D eigenvalue weighted by atomic mass is 35.5. The molecule has 0 bridgehead atoms. The lowest BCUT2D eigenvalue weighted by Crippen LogP contribution is -2.28. The summed E-state index contributed by atoms with van der Waals surface area (Å²) >= 11 is 6.00. The van der Waals surface area contributed by atoms with Gasteiger partial charge in [0.05, 0.1) is 6.61 Å². The van der Waals surface area contributed by atoms with Crippen LogP contribution in [0.4, 0.5) is 0 Å². The summed E-state index contributed by atoms with van der Waals surface area (Å²) in [5.41, 5.74) is 8.64. The number of benzene rings is 1. The largest absolute Gasteiger partial charge is 0.396 e. The predicted molar refractivity (Wildman–Crippen MR) is 64.6 cm³/mol. The predicted octanol–water partition coefficient (Wildman–Crippen LogP) is 1.87. The SMILES string of the molecule is NCC1(CO)CC12CCc1cc(Cl)ccc12. The number of halogens is 1. The van der Waals surface area contributed by atoms with Crippen LogP contribution in [0.2, 0.25) is 5.02 Å². The monoisotopic (exact) mass is 237 g/mol. The van der Waals surface area contributed by atoms with Crippen molar-refractivity contribution in [1.82, 2.24) is 0 Å². The number of aliphatic hydroxyl groups is 1. The molecule has 1 spiro atoms. The van der Waals surface area contributed by atoms with Crippen LogP contribution in [0.25, 0.3) is 0 Å². The molecular formula is C13H16ClNO. The maximum atomic E-state index is 9.56. The molecule has 1 aromatic carbocycles. The van der Waals surface area contributed by atoms with E-state index in [2.05, 4.69) is 12.1 Å². The molecule has 2 nitrogen and oxygen atoms in total. The van der Waals surface area contributed by atoms with Crippen LogP contribution >= 0.6 is 11.6 Å². The van der Waals surface area contributed by atoms with E-state index in [0.717, 1.165) is 24.3 Å². The molecule has 2 aliphatic carbocycles. The van der Waals surface area contributed by atoms with Crippen LogP contribution in [0.15, 0.2) is 18.2 Å². The molecular weight excluding hydrogens is 222 g/mol. The van der Waals surface area contributed by atoms with Gasteiger partial charge in [-0.15, -0.1) is 0 Å². The van der Waals surface area contributed by atoms with E-state index in [1.165, 1.54) is 11.1 Å². The van der Waals surface area contributed by atoms with Gasteiger partial charge in [-0.25, -0.2) is 0 Å². The zero-order valence-electron chi connectivity index (χ0n) is 9.17. The van der Waals surface area contributed by atoms with Crippen LogP contribution in [0, 0.1) is 5.41 Å². The number of nitrogens with two attached hydrogens (primary N) is 1. The van der Waals surface area contributed by atoms with E-state index in [1.54, 1.807) is 0 Å². The first-order chi connectivity index (χ1) is 7.67. The average Bonchev–Trinajstić information content (AvgIpc) is 2.82. The maximum absolute atomic E-state index is 9.56. The third kappa shape index (κ3) is 1.10. The second kappa shape index (κ2) is 3.22. The molecule has 3 N–H and O–H groups in total. The van der Waals surface area contributed by atoms with Gasteiger partial charge in [-0.05, 0) is 42.5 Å². The van der Waals surface area contributed by atoms with Gasteiger partial charge in [-0.2, -0.15) is 0 Å². The Bertz CT molecular complexity index is 442. The summed E-state index contributed by atoms with van der Waals surface area (Å²) in [5.74, 6) is 0. The standard InChI is InChI=1S/C13H16ClNO/c14-10-1-2-11-9(5-10)3-4-13(11)6-12(13,7-15)8-16/h1-2,5,16H,3-4,6-8,15H2. The fraction of sp³-hybridized carbons (Fsp3) is 0.538. The van der Waals surface area contributed by atoms with Gasteiger partial charge in [0.1, 0.15) is 0 Å². The third-order valence-electron chi connectivity index (χ3n) is 4.63. The molecule has 16 heavy (non-hydrogen) atoms. The highest BCUT2D eigenvalue weighted by Gasteiger charge is 2.68. The Labute approximate surface area is 100 Å². The van der Waals surface area contributed by atoms with Gasteiger partial charge in [0.2, 0.25) is 0 Å². The van der Waals surface area contributed by atoms with Crippen LogP contribution < -0.4 is 5.73 Å². The topological polar surface area (TPSA) is 46.2 Å². The summed E-state index contributed by atoms with van der Waals surface area (Å²) in [5, 5.41) is 10.4. The zero-order valence-corrected chi connectivity index (χ0v) is 9.93. The van der Waals surface area contributed by atoms with Crippen LogP contribution in [-0.4, -0.2) is 18.3 Å². The van der Waals surface area contributed by atoms with Crippen molar-refractivity contribution in [2.75, 3.05) is 13.2 Å². The second-order valence-electron chi connectivity index (χ2n) is 5.20. The van der Waals surface area contributed by atoms with Crippen LogP contribution in [-0.2, 0) is 11.8 Å². The van der Waals surface area contributed by atoms with E-state index in [9.17, 15) is 5.11 Å². The van der Waals surface area contributed by atoms with Crippen molar-refractivity contribution < 1.29 is 5.11 Å². The minimum Gasteiger partial charge on any atom is -0.396 e. The molecule has 0 amide bonds. The Kier molecular flexibility index (Phi) is 2.13. The molecule has 0 saturated heterocycles. The highest BCUT2D eigenvalue weighted by molar-refractivity contribution is 6.30. The normalized spacial score (nSPS) is 35.4. The fourth-order valence-electron chi connectivity index (χ4n) is 3.53. The molecule has 1 saturated carbocycles. The first-order valence-electron chi connectivity index (χ1n) is 5.77. The first kappa shape index (κ1) is 10.6. The Balaban J connectivity index is 2.05. The molecule has 2 aliphatic rings. The Morgan fingerprint density at radius 3 is 2.88 bits per heavy atom. The maximum Gasteiger partial charge on any atom is 0.0508 e. The lowest BCUT2D eigenvalue weighted by molar-refractivity contribution is 0.195. The lowest BCUT2D eigenvalue weighted by Gasteiger charge is -2.19. The average molecular weight is 238 g/mol. The first-order valence-corrected chi connectivity index (χ1v) is 6.15. The summed E-state index contributed by atoms with van der Waals surface area (Å²) in [6.07, 6.45) is 3.21. The van der Waals surface area contributed by atoms with Crippen molar-refractivity contribution in [3.63, 3.8) is 0 Å². The summed E-state index contributed by atoms with van der Waals surface area (Å²) in [7, 11) is 0. The molecule has 2 unspecified atom stereocenters. The highest BCUT2D eigenvalue weighted by Crippen LogP contribution is 2.69. The van der Waals surface area contributed by atoms with E-state index in [0.29, 0.717) is 6.54 Å². The van der Waals surface area contributed by atoms with Gasteiger partial charge >= 0.3 is 0 Å². The van der Waals surface area contributed by atoms with Crippen molar-refractivity contribution >= 4 is 11.6 Å². The molecule has 1 aromatic rings. The number of aryl methyl sites for hydroxylation is 1. The molecule has 0 radical (unpaired) electrons. The Morgan fingerprint density at radius 2 is 2.25 bits per heavy atom. The van der Waals surface area contributed by atoms with E-state index < -0.39 is 0 Å². The summed E-state index contributed by atoms with van der Waals surface area (Å²) in [6.45, 7) is 0.775. The van der Waals surface area contributed by atoms with E-state index in [4.69, 9.17) is 17.3 Å². The van der Waals surface area contributed by atoms with Crippen LogP contribution in [0.3, 0.4) is 0 Å². The van der Waals surface area contributed by atoms with E-state index >= 15 is 0 Å². The minimum absolute atomic E-state index is 0.0634. The van der Waals surface area contributed by atoms with Crippen LogP contribution in [0.1, 0.15) is 24.0 Å². The van der Waals surface area contributed by atoms with Crippen molar-refractivity contribution in [3.05, 3.63) is 34.3 Å². The molecule has 2 atom stereocenters. The van der Waals surface area contributed by atoms with Gasteiger partial charge in [-0.3, -0.25) is 0 Å². The minimum atomic E-state index is -0.0634. The smallest absolute Gasteiger partial charge is 0.0508 e. The number of hydrogen-bond acceptors (Lipinski definition) is 2. The van der Waals surface area contributed by atoms with E-state index in [1.807, 2.05) is 6.07 Å². The van der Waals surface area contributed by atoms with Gasteiger partial charge in [0, 0.05) is 22.4 Å². The second-order valence-corrected chi connectivity index (χ2v) is 5.64. The van der Waals surface area contributed by atoms with Gasteiger partial charge in [0.15, 0.2) is 0 Å². The van der Waals surface area contributed by atoms with Gasteiger partial charge in [0.25, 0.3) is 0 Å². The van der Waals surface area contributed by atoms with Crippen molar-refractivity contribution in [1.29, 1.82) is 0 Å². The molecule has 0 heterocycles. The third-order valence-corrected chi connectivity index (χ3v) is 4.86. The molecule has 3 rings (SSSR count). The molecule has 0 aromatic heterocycles. The molecule has 1 fully saturated rings. The number of hydrogen-bond donors (Lipinski definition) is 2. The lowest BCUT2D eigenvalue weighted by atomic mass is 9.88. The van der Waals surface area contributed by atoms with E-state index in [-0.39, 0.29) is 17.4 Å². The zero-order chi connectivity index (χ0) is 11.4. The number of aliphatic hydroxyl groups excluding tert-OH is 1. The Morgan fingerprint density at radius 1 is 1.44 bits per heavy atom. The Hall–Kier alpha value is -0.570. The fourth-order valence-corrected chi connectivity index (χ4v) is 3.72. The summed E-state index contributed by atoms with van der Waals surface area (Å²) in [4.78, 5) is 0. The number of fused-ring (bicyclic) bond motifs is 2. The van der Waals surface area contributed by atoms with Gasteiger partial charge in [-0.1, -0.05) is 17.7 Å². The van der Waals surface area contributed by atoms with Gasteiger partial charge < -0.3 is 10.8 Å². The van der Waals surface area contributed by atoms with Crippen molar-refractivity contribution in [2.45, 2.75) is 24.7 Å². The van der Waals surface area contributed by atoms with Crippen LogP contribution in [0.5, 0.6) is 0 Å². The van der Waals surface area contributed by atoms with Crippen molar-refractivity contribution in [2.24, 2.45) is 11.1 Å². The molecule has 3 heteroatoms. The summed E-state index contributed by atoms with van der Waals surface area (Å²) < 4.78 is 0. The molecule has 86 valence electrons.